The SMILES string of the molecule is C=CCC/C=C/C(=O)OCC=C. The van der Waals surface area contributed by atoms with Crippen molar-refractivity contribution in [2.24, 2.45) is 0 Å². The smallest absolute Gasteiger partial charge is 0.330 e. The first-order valence-electron chi connectivity index (χ1n) is 3.86. The second-order valence-corrected chi connectivity index (χ2v) is 2.19. The molecule has 0 amide bonds. The first-order chi connectivity index (χ1) is 5.81. The number of carbonyl (C=O) groups is 1. The summed E-state index contributed by atoms with van der Waals surface area (Å²) in [6.07, 6.45) is 8.24. The zero-order chi connectivity index (χ0) is 9.23. The average Bonchev–Trinajstić information content (AvgIpc) is 2.09. The minimum atomic E-state index is -0.320. The van der Waals surface area contributed by atoms with Gasteiger partial charge in [-0.3, -0.25) is 0 Å². The fourth-order valence-electron chi connectivity index (χ4n) is 0.583. The molecular formula is C10H14O2. The van der Waals surface area contributed by atoms with Crippen LogP contribution in [0.15, 0.2) is 37.5 Å². The van der Waals surface area contributed by atoms with Gasteiger partial charge in [-0.15, -0.1) is 6.58 Å². The normalized spacial score (nSPS) is 9.67. The van der Waals surface area contributed by atoms with Crippen LogP contribution in [0, 0.1) is 0 Å². The molecule has 0 aromatic carbocycles. The minimum absolute atomic E-state index is 0.268. The van der Waals surface area contributed by atoms with Crippen LogP contribution in [0.25, 0.3) is 0 Å². The molecule has 0 aliphatic heterocycles. The van der Waals surface area contributed by atoms with Gasteiger partial charge >= 0.3 is 5.97 Å². The van der Waals surface area contributed by atoms with E-state index in [1.165, 1.54) is 12.2 Å². The average molecular weight is 166 g/mol. The van der Waals surface area contributed by atoms with E-state index >= 15 is 0 Å². The summed E-state index contributed by atoms with van der Waals surface area (Å²) in [5.41, 5.74) is 0. The number of rotatable bonds is 6. The van der Waals surface area contributed by atoms with E-state index < -0.39 is 0 Å². The number of hydrogen-bond acceptors (Lipinski definition) is 2. The van der Waals surface area contributed by atoms with Gasteiger partial charge in [-0.2, -0.15) is 0 Å². The highest BCUT2D eigenvalue weighted by Crippen LogP contribution is 1.91. The Morgan fingerprint density at radius 2 is 2.00 bits per heavy atom. The summed E-state index contributed by atoms with van der Waals surface area (Å²) < 4.78 is 4.70. The summed E-state index contributed by atoms with van der Waals surface area (Å²) in [4.78, 5) is 10.8. The minimum Gasteiger partial charge on any atom is -0.458 e. The zero-order valence-corrected chi connectivity index (χ0v) is 7.16. The summed E-state index contributed by atoms with van der Waals surface area (Å²) in [5.74, 6) is -0.320. The summed E-state index contributed by atoms with van der Waals surface area (Å²) in [6.45, 7) is 7.26. The molecule has 0 bridgehead atoms. The Labute approximate surface area is 73.2 Å². The van der Waals surface area contributed by atoms with Gasteiger partial charge in [0.2, 0.25) is 0 Å². The van der Waals surface area contributed by atoms with Crippen molar-refractivity contribution in [3.63, 3.8) is 0 Å². The van der Waals surface area contributed by atoms with Gasteiger partial charge in [0.05, 0.1) is 0 Å². The van der Waals surface area contributed by atoms with Gasteiger partial charge < -0.3 is 4.74 Å². The second kappa shape index (κ2) is 7.79. The third kappa shape index (κ3) is 6.81. The third-order valence-electron chi connectivity index (χ3n) is 1.13. The fourth-order valence-corrected chi connectivity index (χ4v) is 0.583. The second-order valence-electron chi connectivity index (χ2n) is 2.19. The van der Waals surface area contributed by atoms with Crippen molar-refractivity contribution in [3.05, 3.63) is 37.5 Å². The Bertz CT molecular complexity index is 180. The van der Waals surface area contributed by atoms with Crippen LogP contribution in [0.1, 0.15) is 12.8 Å². The van der Waals surface area contributed by atoms with Crippen LogP contribution >= 0.6 is 0 Å². The van der Waals surface area contributed by atoms with Crippen molar-refractivity contribution in [3.8, 4) is 0 Å². The fraction of sp³-hybridized carbons (Fsp3) is 0.300. The van der Waals surface area contributed by atoms with Crippen molar-refractivity contribution in [1.29, 1.82) is 0 Å². The number of carbonyl (C=O) groups excluding carboxylic acids is 1. The number of unbranched alkanes of at least 4 members (excludes halogenated alkanes) is 1. The van der Waals surface area contributed by atoms with Gasteiger partial charge in [0.15, 0.2) is 0 Å². The molecule has 0 aliphatic carbocycles. The van der Waals surface area contributed by atoms with Crippen LogP contribution in [0.5, 0.6) is 0 Å². The molecule has 0 radical (unpaired) electrons. The van der Waals surface area contributed by atoms with Crippen LogP contribution in [-0.4, -0.2) is 12.6 Å². The molecule has 0 rings (SSSR count). The van der Waals surface area contributed by atoms with Gasteiger partial charge in [-0.25, -0.2) is 4.79 Å². The molecule has 0 atom stereocenters. The molecular weight excluding hydrogens is 152 g/mol. The predicted octanol–water partition coefficient (Wildman–Crippen LogP) is 2.24. The maximum atomic E-state index is 10.8. The molecule has 0 saturated carbocycles. The molecule has 0 heterocycles. The van der Waals surface area contributed by atoms with Crippen LogP contribution in [0.4, 0.5) is 0 Å². The lowest BCUT2D eigenvalue weighted by Crippen LogP contribution is -1.99. The lowest BCUT2D eigenvalue weighted by Gasteiger charge is -1.94. The van der Waals surface area contributed by atoms with E-state index in [9.17, 15) is 4.79 Å². The lowest BCUT2D eigenvalue weighted by atomic mass is 10.3. The molecule has 0 fully saturated rings. The Morgan fingerprint density at radius 1 is 1.25 bits per heavy atom. The van der Waals surface area contributed by atoms with Crippen molar-refractivity contribution >= 4 is 5.97 Å². The van der Waals surface area contributed by atoms with Gasteiger partial charge in [0.1, 0.15) is 6.61 Å². The van der Waals surface area contributed by atoms with E-state index in [4.69, 9.17) is 4.74 Å². The molecule has 0 aliphatic rings. The number of hydrogen-bond donors (Lipinski definition) is 0. The van der Waals surface area contributed by atoms with Crippen molar-refractivity contribution in [1.82, 2.24) is 0 Å². The zero-order valence-electron chi connectivity index (χ0n) is 7.16. The van der Waals surface area contributed by atoms with Crippen LogP contribution in [0.3, 0.4) is 0 Å². The van der Waals surface area contributed by atoms with E-state index in [-0.39, 0.29) is 12.6 Å². The van der Waals surface area contributed by atoms with E-state index in [0.717, 1.165) is 12.8 Å². The summed E-state index contributed by atoms with van der Waals surface area (Å²) in [7, 11) is 0. The molecule has 66 valence electrons. The Balaban J connectivity index is 3.46. The Hall–Kier alpha value is -1.31. The standard InChI is InChI=1S/C10H14O2/c1-3-5-6-7-8-10(11)12-9-4-2/h3-4,7-8H,1-2,5-6,9H2/b8-7+. The molecule has 12 heavy (non-hydrogen) atoms. The molecule has 0 aromatic rings. The quantitative estimate of drug-likeness (QED) is 0.262. The topological polar surface area (TPSA) is 26.3 Å². The first-order valence-corrected chi connectivity index (χ1v) is 3.86. The molecule has 0 saturated heterocycles. The van der Waals surface area contributed by atoms with E-state index in [1.807, 2.05) is 0 Å². The van der Waals surface area contributed by atoms with Gasteiger partial charge in [0, 0.05) is 6.08 Å². The van der Waals surface area contributed by atoms with E-state index in [2.05, 4.69) is 13.2 Å². The lowest BCUT2D eigenvalue weighted by molar-refractivity contribution is -0.136. The predicted molar refractivity (Wildman–Crippen MR) is 49.7 cm³/mol. The highest BCUT2D eigenvalue weighted by atomic mass is 16.5. The molecule has 0 aromatic heterocycles. The first kappa shape index (κ1) is 10.7. The largest absolute Gasteiger partial charge is 0.458 e. The van der Waals surface area contributed by atoms with Crippen molar-refractivity contribution in [2.75, 3.05) is 6.61 Å². The molecule has 0 unspecified atom stereocenters. The molecule has 0 N–H and O–H groups in total. The summed E-state index contributed by atoms with van der Waals surface area (Å²) in [6, 6.07) is 0. The molecule has 2 nitrogen and oxygen atoms in total. The van der Waals surface area contributed by atoms with E-state index in [0.29, 0.717) is 0 Å². The number of allylic oxidation sites excluding steroid dienone is 2. The van der Waals surface area contributed by atoms with Gasteiger partial charge in [-0.1, -0.05) is 24.8 Å². The van der Waals surface area contributed by atoms with Crippen molar-refractivity contribution in [2.45, 2.75) is 12.8 Å². The van der Waals surface area contributed by atoms with E-state index in [1.54, 1.807) is 12.2 Å². The Morgan fingerprint density at radius 3 is 2.58 bits per heavy atom. The summed E-state index contributed by atoms with van der Waals surface area (Å²) >= 11 is 0. The molecule has 2 heteroatoms. The maximum absolute atomic E-state index is 10.8. The highest BCUT2D eigenvalue weighted by Gasteiger charge is 1.91. The Kier molecular flexibility index (Phi) is 6.94. The monoisotopic (exact) mass is 166 g/mol. The third-order valence-corrected chi connectivity index (χ3v) is 1.13. The van der Waals surface area contributed by atoms with Crippen LogP contribution in [0.2, 0.25) is 0 Å². The van der Waals surface area contributed by atoms with Gasteiger partial charge in [-0.05, 0) is 12.8 Å². The highest BCUT2D eigenvalue weighted by molar-refractivity contribution is 5.81. The van der Waals surface area contributed by atoms with Crippen LogP contribution < -0.4 is 0 Å². The number of ether oxygens (including phenoxy) is 1. The maximum Gasteiger partial charge on any atom is 0.330 e. The summed E-state index contributed by atoms with van der Waals surface area (Å²) in [5, 5.41) is 0. The van der Waals surface area contributed by atoms with Crippen molar-refractivity contribution < 1.29 is 9.53 Å². The molecule has 0 spiro atoms. The number of esters is 1. The van der Waals surface area contributed by atoms with Gasteiger partial charge in [0.25, 0.3) is 0 Å². The van der Waals surface area contributed by atoms with Crippen LogP contribution in [-0.2, 0) is 9.53 Å².